The van der Waals surface area contributed by atoms with Crippen LogP contribution < -0.4 is 5.56 Å². The third-order valence-electron chi connectivity index (χ3n) is 3.74. The Labute approximate surface area is 143 Å². The second kappa shape index (κ2) is 6.93. The van der Waals surface area contributed by atoms with Crippen LogP contribution in [-0.4, -0.2) is 10.4 Å². The van der Waals surface area contributed by atoms with Gasteiger partial charge in [0.1, 0.15) is 0 Å². The number of hydrogen-bond acceptors (Lipinski definition) is 2. The molecule has 4 nitrogen and oxygen atoms in total. The molecule has 0 amide bonds. The standard InChI is InChI=1S/C18H16F3N3O/c1-11(2)12(3)23-24-15(13-8-6-5-7-9-13)10-14(18(19,20)21)16(22-4)17(24)25/h5-11H,1-3H3. The van der Waals surface area contributed by atoms with Gasteiger partial charge in [-0.1, -0.05) is 44.2 Å². The number of pyridine rings is 1. The van der Waals surface area contributed by atoms with Crippen LogP contribution in [0.1, 0.15) is 26.3 Å². The maximum absolute atomic E-state index is 13.3. The predicted molar refractivity (Wildman–Crippen MR) is 90.7 cm³/mol. The van der Waals surface area contributed by atoms with Crippen molar-refractivity contribution in [3.8, 4) is 11.3 Å². The SMILES string of the molecule is [C-]#[N+]c1c(C(F)(F)F)cc(-c2ccccc2)n(N=C(C)C(C)C)c1=O. The topological polar surface area (TPSA) is 38.7 Å². The fourth-order valence-electron chi connectivity index (χ4n) is 2.10. The third-order valence-corrected chi connectivity index (χ3v) is 3.74. The number of rotatable bonds is 3. The molecule has 0 aliphatic rings. The van der Waals surface area contributed by atoms with E-state index in [-0.39, 0.29) is 11.6 Å². The van der Waals surface area contributed by atoms with E-state index in [9.17, 15) is 18.0 Å². The molecule has 0 N–H and O–H groups in total. The molecule has 1 aromatic heterocycles. The summed E-state index contributed by atoms with van der Waals surface area (Å²) in [4.78, 5) is 15.4. The van der Waals surface area contributed by atoms with E-state index in [0.717, 1.165) is 10.7 Å². The van der Waals surface area contributed by atoms with Crippen LogP contribution in [0.25, 0.3) is 16.1 Å². The Hall–Kier alpha value is -2.88. The summed E-state index contributed by atoms with van der Waals surface area (Å²) in [5, 5.41) is 4.18. The summed E-state index contributed by atoms with van der Waals surface area (Å²) in [7, 11) is 0. The first-order chi connectivity index (χ1) is 11.7. The summed E-state index contributed by atoms with van der Waals surface area (Å²) in [5.41, 5.74) is -2.35. The summed E-state index contributed by atoms with van der Waals surface area (Å²) >= 11 is 0. The molecule has 0 spiro atoms. The van der Waals surface area contributed by atoms with Gasteiger partial charge >= 0.3 is 6.18 Å². The summed E-state index contributed by atoms with van der Waals surface area (Å²) in [6.07, 6.45) is -4.81. The monoisotopic (exact) mass is 347 g/mol. The van der Waals surface area contributed by atoms with Crippen molar-refractivity contribution in [1.29, 1.82) is 0 Å². The van der Waals surface area contributed by atoms with E-state index in [2.05, 4.69) is 9.95 Å². The molecule has 25 heavy (non-hydrogen) atoms. The van der Waals surface area contributed by atoms with Crippen LogP contribution in [0.2, 0.25) is 0 Å². The van der Waals surface area contributed by atoms with Gasteiger partial charge in [0.15, 0.2) is 0 Å². The van der Waals surface area contributed by atoms with E-state index >= 15 is 0 Å². The summed E-state index contributed by atoms with van der Waals surface area (Å²) in [6.45, 7) is 12.4. The molecular weight excluding hydrogens is 331 g/mol. The van der Waals surface area contributed by atoms with Crippen molar-refractivity contribution in [1.82, 2.24) is 4.68 Å². The van der Waals surface area contributed by atoms with Gasteiger partial charge in [0.25, 0.3) is 11.2 Å². The molecule has 0 saturated carbocycles. The van der Waals surface area contributed by atoms with Crippen LogP contribution in [-0.2, 0) is 6.18 Å². The van der Waals surface area contributed by atoms with Gasteiger partial charge in [-0.25, -0.2) is 9.52 Å². The van der Waals surface area contributed by atoms with Crippen molar-refractivity contribution in [2.45, 2.75) is 26.9 Å². The van der Waals surface area contributed by atoms with Crippen molar-refractivity contribution < 1.29 is 13.2 Å². The number of benzene rings is 1. The van der Waals surface area contributed by atoms with Crippen LogP contribution in [0.5, 0.6) is 0 Å². The first-order valence-electron chi connectivity index (χ1n) is 7.52. The van der Waals surface area contributed by atoms with Crippen molar-refractivity contribution in [2.24, 2.45) is 11.0 Å². The molecule has 0 aliphatic carbocycles. The fraction of sp³-hybridized carbons (Fsp3) is 0.278. The van der Waals surface area contributed by atoms with E-state index in [1.54, 1.807) is 37.3 Å². The fourth-order valence-corrected chi connectivity index (χ4v) is 2.10. The molecule has 130 valence electrons. The zero-order valence-corrected chi connectivity index (χ0v) is 13.9. The average molecular weight is 347 g/mol. The molecule has 0 bridgehead atoms. The number of aromatic nitrogens is 1. The number of alkyl halides is 3. The summed E-state index contributed by atoms with van der Waals surface area (Å²) in [5.74, 6) is -0.00536. The van der Waals surface area contributed by atoms with Gasteiger partial charge in [-0.2, -0.15) is 18.3 Å². The molecule has 0 atom stereocenters. The molecule has 0 radical (unpaired) electrons. The Morgan fingerprint density at radius 2 is 1.84 bits per heavy atom. The highest BCUT2D eigenvalue weighted by Crippen LogP contribution is 2.37. The van der Waals surface area contributed by atoms with Crippen molar-refractivity contribution in [3.63, 3.8) is 0 Å². The van der Waals surface area contributed by atoms with Crippen molar-refractivity contribution in [3.05, 3.63) is 63.7 Å². The second-order valence-corrected chi connectivity index (χ2v) is 5.78. The lowest BCUT2D eigenvalue weighted by atomic mass is 10.1. The Balaban J connectivity index is 2.93. The summed E-state index contributed by atoms with van der Waals surface area (Å²) < 4.78 is 40.8. The largest absolute Gasteiger partial charge is 0.407 e. The van der Waals surface area contributed by atoms with Crippen molar-refractivity contribution >= 4 is 11.4 Å². The van der Waals surface area contributed by atoms with Crippen LogP contribution >= 0.6 is 0 Å². The van der Waals surface area contributed by atoms with E-state index in [1.165, 1.54) is 0 Å². The predicted octanol–water partition coefficient (Wildman–Crippen LogP) is 4.96. The maximum atomic E-state index is 13.3. The van der Waals surface area contributed by atoms with Gasteiger partial charge in [0.05, 0.1) is 17.8 Å². The zero-order valence-electron chi connectivity index (χ0n) is 13.9. The van der Waals surface area contributed by atoms with Gasteiger partial charge in [0, 0.05) is 11.3 Å². The van der Waals surface area contributed by atoms with Gasteiger partial charge < -0.3 is 0 Å². The average Bonchev–Trinajstić information content (AvgIpc) is 2.55. The molecule has 0 aliphatic heterocycles. The Morgan fingerprint density at radius 1 is 1.24 bits per heavy atom. The lowest BCUT2D eigenvalue weighted by molar-refractivity contribution is -0.136. The van der Waals surface area contributed by atoms with Gasteiger partial charge in [0.2, 0.25) is 0 Å². The number of hydrogen-bond donors (Lipinski definition) is 0. The molecule has 0 saturated heterocycles. The lowest BCUT2D eigenvalue weighted by Crippen LogP contribution is -2.23. The molecule has 0 fully saturated rings. The smallest absolute Gasteiger partial charge is 0.281 e. The normalized spacial score (nSPS) is 12.3. The van der Waals surface area contributed by atoms with E-state index in [4.69, 9.17) is 6.57 Å². The van der Waals surface area contributed by atoms with Gasteiger partial charge in [-0.15, -0.1) is 0 Å². The van der Waals surface area contributed by atoms with Gasteiger partial charge in [-0.3, -0.25) is 4.79 Å². The minimum Gasteiger partial charge on any atom is -0.281 e. The third kappa shape index (κ3) is 3.79. The molecule has 7 heteroatoms. The van der Waals surface area contributed by atoms with Crippen LogP contribution in [0.3, 0.4) is 0 Å². The first kappa shape index (κ1) is 18.5. The zero-order chi connectivity index (χ0) is 18.8. The minimum atomic E-state index is -4.81. The Morgan fingerprint density at radius 3 is 2.32 bits per heavy atom. The number of nitrogens with zero attached hydrogens (tertiary/aromatic N) is 3. The quantitative estimate of drug-likeness (QED) is 0.571. The Bertz CT molecular complexity index is 904. The van der Waals surface area contributed by atoms with E-state index in [1.807, 2.05) is 13.8 Å². The molecule has 1 heterocycles. The first-order valence-corrected chi connectivity index (χ1v) is 7.52. The second-order valence-electron chi connectivity index (χ2n) is 5.78. The molecule has 2 rings (SSSR count). The van der Waals surface area contributed by atoms with E-state index in [0.29, 0.717) is 11.3 Å². The molecule has 2 aromatic rings. The highest BCUT2D eigenvalue weighted by atomic mass is 19.4. The van der Waals surface area contributed by atoms with Crippen LogP contribution in [0.15, 0.2) is 46.3 Å². The highest BCUT2D eigenvalue weighted by Gasteiger charge is 2.36. The highest BCUT2D eigenvalue weighted by molar-refractivity contribution is 5.84. The van der Waals surface area contributed by atoms with Crippen molar-refractivity contribution in [2.75, 3.05) is 0 Å². The van der Waals surface area contributed by atoms with Crippen LogP contribution in [0.4, 0.5) is 18.9 Å². The number of halogens is 3. The Kier molecular flexibility index (Phi) is 5.12. The minimum absolute atomic E-state index is 0.00536. The molecule has 0 unspecified atom stereocenters. The lowest BCUT2D eigenvalue weighted by Gasteiger charge is -2.16. The molecular formula is C18H16F3N3O. The molecule has 1 aromatic carbocycles. The van der Waals surface area contributed by atoms with Crippen LogP contribution in [0, 0.1) is 12.5 Å². The van der Waals surface area contributed by atoms with Gasteiger partial charge in [-0.05, 0) is 18.9 Å². The summed E-state index contributed by atoms with van der Waals surface area (Å²) in [6, 6.07) is 9.00. The van der Waals surface area contributed by atoms with E-state index < -0.39 is 23.0 Å². The maximum Gasteiger partial charge on any atom is 0.407 e.